The van der Waals surface area contributed by atoms with E-state index in [0.717, 1.165) is 17.5 Å². The minimum Gasteiger partial charge on any atom is -0.325 e. The summed E-state index contributed by atoms with van der Waals surface area (Å²) in [6.07, 6.45) is 2.14. The van der Waals surface area contributed by atoms with Crippen molar-refractivity contribution in [3.8, 4) is 0 Å². The zero-order valence-corrected chi connectivity index (χ0v) is 18.3. The van der Waals surface area contributed by atoms with Gasteiger partial charge in [0.15, 0.2) is 5.69 Å². The number of carbonyl (C=O) groups is 2. The fraction of sp³-hybridized carbons (Fsp3) is 0.273. The number of rotatable bonds is 3. The van der Waals surface area contributed by atoms with Crippen molar-refractivity contribution in [1.29, 1.82) is 0 Å². The topological polar surface area (TPSA) is 84.3 Å². The van der Waals surface area contributed by atoms with Crippen LogP contribution in [0.5, 0.6) is 0 Å². The molecule has 0 aliphatic carbocycles. The number of nitrogens with one attached hydrogen (secondary N) is 1. The number of likely N-dealkylation sites (tertiary alicyclic amines) is 1. The van der Waals surface area contributed by atoms with Crippen molar-refractivity contribution in [2.75, 3.05) is 11.9 Å². The summed E-state index contributed by atoms with van der Waals surface area (Å²) < 4.78 is 1.16. The second-order valence-corrected chi connectivity index (χ2v) is 8.27. The van der Waals surface area contributed by atoms with Gasteiger partial charge in [0.05, 0.1) is 15.4 Å². The number of nitrogens with zero attached hydrogens (tertiary/aromatic N) is 3. The van der Waals surface area contributed by atoms with Gasteiger partial charge in [-0.25, -0.2) is 4.68 Å². The molecular formula is C22H20Cl2N4O3. The van der Waals surface area contributed by atoms with E-state index in [1.54, 1.807) is 42.5 Å². The van der Waals surface area contributed by atoms with Crippen molar-refractivity contribution in [2.45, 2.75) is 25.3 Å². The minimum atomic E-state index is -0.659. The van der Waals surface area contributed by atoms with E-state index >= 15 is 0 Å². The van der Waals surface area contributed by atoms with Crippen LogP contribution in [0.1, 0.15) is 29.8 Å². The first-order valence-electron chi connectivity index (χ1n) is 9.90. The Morgan fingerprint density at radius 3 is 2.55 bits per heavy atom. The van der Waals surface area contributed by atoms with Crippen LogP contribution in [-0.2, 0) is 11.8 Å². The van der Waals surface area contributed by atoms with Gasteiger partial charge < -0.3 is 10.2 Å². The third-order valence-electron chi connectivity index (χ3n) is 5.41. The number of fused-ring (bicyclic) bond motifs is 1. The van der Waals surface area contributed by atoms with E-state index in [0.29, 0.717) is 39.5 Å². The summed E-state index contributed by atoms with van der Waals surface area (Å²) in [5.74, 6) is -0.679. The standard InChI is InChI=1S/C22H20Cl2N4O3/c1-27-21(30)15-7-3-2-6-14(15)19(26-27)22(31)28-11-5-4-8-18(28)20(29)25-13-9-10-16(23)17(24)12-13/h2-3,6-7,9-10,12,18H,4-5,8,11H2,1H3,(H,25,29). The Bertz CT molecular complexity index is 1240. The third kappa shape index (κ3) is 4.16. The number of anilines is 1. The lowest BCUT2D eigenvalue weighted by Crippen LogP contribution is -2.50. The van der Waals surface area contributed by atoms with Crippen LogP contribution >= 0.6 is 23.2 Å². The Balaban J connectivity index is 1.66. The van der Waals surface area contributed by atoms with Gasteiger partial charge in [0.2, 0.25) is 5.91 Å². The number of benzene rings is 2. The Hall–Kier alpha value is -2.90. The predicted molar refractivity (Wildman–Crippen MR) is 121 cm³/mol. The molecule has 1 aliphatic heterocycles. The van der Waals surface area contributed by atoms with Gasteiger partial charge in [-0.05, 0) is 43.5 Å². The molecule has 1 atom stereocenters. The number of aryl methyl sites for hydroxylation is 1. The maximum absolute atomic E-state index is 13.5. The summed E-state index contributed by atoms with van der Waals surface area (Å²) in [5, 5.41) is 8.66. The lowest BCUT2D eigenvalue weighted by Gasteiger charge is -2.34. The van der Waals surface area contributed by atoms with Crippen molar-refractivity contribution in [3.63, 3.8) is 0 Å². The van der Waals surface area contributed by atoms with E-state index in [-0.39, 0.29) is 23.1 Å². The molecule has 9 heteroatoms. The monoisotopic (exact) mass is 458 g/mol. The number of aromatic nitrogens is 2. The molecule has 0 spiro atoms. The molecule has 31 heavy (non-hydrogen) atoms. The molecule has 4 rings (SSSR count). The average Bonchev–Trinajstić information content (AvgIpc) is 2.78. The Kier molecular flexibility index (Phi) is 5.98. The number of carbonyl (C=O) groups excluding carboxylic acids is 2. The summed E-state index contributed by atoms with van der Waals surface area (Å²) in [6, 6.07) is 11.0. The molecule has 2 amide bonds. The van der Waals surface area contributed by atoms with E-state index in [2.05, 4.69) is 10.4 Å². The molecule has 160 valence electrons. The molecule has 0 saturated carbocycles. The number of piperidine rings is 1. The van der Waals surface area contributed by atoms with Crippen molar-refractivity contribution >= 4 is 51.5 Å². The van der Waals surface area contributed by atoms with Crippen LogP contribution < -0.4 is 10.9 Å². The average molecular weight is 459 g/mol. The van der Waals surface area contributed by atoms with Crippen LogP contribution in [0.15, 0.2) is 47.3 Å². The number of halogens is 2. The van der Waals surface area contributed by atoms with Crippen LogP contribution in [0.3, 0.4) is 0 Å². The van der Waals surface area contributed by atoms with Gasteiger partial charge in [-0.2, -0.15) is 5.10 Å². The first-order chi connectivity index (χ1) is 14.9. The molecule has 1 aliphatic rings. The largest absolute Gasteiger partial charge is 0.325 e. The smallest absolute Gasteiger partial charge is 0.275 e. The Labute approximate surface area is 188 Å². The predicted octanol–water partition coefficient (Wildman–Crippen LogP) is 3.87. The number of hydrogen-bond donors (Lipinski definition) is 1. The third-order valence-corrected chi connectivity index (χ3v) is 6.15. The van der Waals surface area contributed by atoms with Crippen LogP contribution in [0.2, 0.25) is 10.0 Å². The highest BCUT2D eigenvalue weighted by molar-refractivity contribution is 6.42. The molecular weight excluding hydrogens is 439 g/mol. The summed E-state index contributed by atoms with van der Waals surface area (Å²) in [7, 11) is 1.51. The van der Waals surface area contributed by atoms with Crippen molar-refractivity contribution < 1.29 is 9.59 Å². The molecule has 3 aromatic rings. The fourth-order valence-electron chi connectivity index (χ4n) is 3.84. The summed E-state index contributed by atoms with van der Waals surface area (Å²) in [5.41, 5.74) is 0.384. The van der Waals surface area contributed by atoms with Crippen LogP contribution in [0.25, 0.3) is 10.8 Å². The molecule has 1 unspecified atom stereocenters. The zero-order valence-electron chi connectivity index (χ0n) is 16.8. The molecule has 0 radical (unpaired) electrons. The lowest BCUT2D eigenvalue weighted by molar-refractivity contribution is -0.121. The lowest BCUT2D eigenvalue weighted by atomic mass is 10.00. The summed E-state index contributed by atoms with van der Waals surface area (Å²) in [6.45, 7) is 0.428. The van der Waals surface area contributed by atoms with E-state index in [1.807, 2.05) is 0 Å². The normalized spacial score (nSPS) is 16.4. The molecule has 1 aromatic heterocycles. The molecule has 0 bridgehead atoms. The first kappa shape index (κ1) is 21.3. The minimum absolute atomic E-state index is 0.159. The van der Waals surface area contributed by atoms with E-state index in [4.69, 9.17) is 23.2 Å². The number of amides is 2. The van der Waals surface area contributed by atoms with Gasteiger partial charge in [-0.3, -0.25) is 14.4 Å². The number of hydrogen-bond acceptors (Lipinski definition) is 4. The van der Waals surface area contributed by atoms with E-state index in [9.17, 15) is 14.4 Å². The van der Waals surface area contributed by atoms with Crippen molar-refractivity contribution in [3.05, 3.63) is 68.6 Å². The Morgan fingerprint density at radius 2 is 1.81 bits per heavy atom. The molecule has 2 heterocycles. The molecule has 1 N–H and O–H groups in total. The van der Waals surface area contributed by atoms with Gasteiger partial charge in [0, 0.05) is 24.7 Å². The molecule has 1 fully saturated rings. The van der Waals surface area contributed by atoms with Crippen molar-refractivity contribution in [2.24, 2.45) is 7.05 Å². The quantitative estimate of drug-likeness (QED) is 0.645. The maximum atomic E-state index is 13.5. The zero-order chi connectivity index (χ0) is 22.1. The highest BCUT2D eigenvalue weighted by Gasteiger charge is 2.34. The molecule has 1 saturated heterocycles. The molecule has 7 nitrogen and oxygen atoms in total. The van der Waals surface area contributed by atoms with Crippen LogP contribution in [0, 0.1) is 0 Å². The van der Waals surface area contributed by atoms with E-state index < -0.39 is 6.04 Å². The SMILES string of the molecule is Cn1nc(C(=O)N2CCCCC2C(=O)Nc2ccc(Cl)c(Cl)c2)c2ccccc2c1=O. The highest BCUT2D eigenvalue weighted by Crippen LogP contribution is 2.27. The highest BCUT2D eigenvalue weighted by atomic mass is 35.5. The van der Waals surface area contributed by atoms with Gasteiger partial charge in [-0.15, -0.1) is 0 Å². The van der Waals surface area contributed by atoms with Crippen LogP contribution in [0.4, 0.5) is 5.69 Å². The Morgan fingerprint density at radius 1 is 1.06 bits per heavy atom. The maximum Gasteiger partial charge on any atom is 0.275 e. The van der Waals surface area contributed by atoms with Gasteiger partial charge >= 0.3 is 0 Å². The van der Waals surface area contributed by atoms with Gasteiger partial charge in [-0.1, -0.05) is 41.4 Å². The van der Waals surface area contributed by atoms with Crippen molar-refractivity contribution in [1.82, 2.24) is 14.7 Å². The van der Waals surface area contributed by atoms with E-state index in [1.165, 1.54) is 11.9 Å². The summed E-state index contributed by atoms with van der Waals surface area (Å²) in [4.78, 5) is 40.4. The second kappa shape index (κ2) is 8.69. The second-order valence-electron chi connectivity index (χ2n) is 7.45. The van der Waals surface area contributed by atoms with Gasteiger partial charge in [0.1, 0.15) is 6.04 Å². The van der Waals surface area contributed by atoms with Crippen LogP contribution in [-0.4, -0.2) is 39.1 Å². The summed E-state index contributed by atoms with van der Waals surface area (Å²) >= 11 is 12.0. The molecule has 2 aromatic carbocycles. The fourth-order valence-corrected chi connectivity index (χ4v) is 4.14. The van der Waals surface area contributed by atoms with Gasteiger partial charge in [0.25, 0.3) is 11.5 Å². The first-order valence-corrected chi connectivity index (χ1v) is 10.7.